The standard InChI is InChI=1S/C22H21NO3/c24-21-13-11-20(12-14-21)23(16-15-18-7-3-1-4-8-18)22(25)26-17-19-9-5-2-6-10-19/h1-14,24H,15-17H2. The minimum atomic E-state index is -0.407. The summed E-state index contributed by atoms with van der Waals surface area (Å²) in [5.41, 5.74) is 2.78. The highest BCUT2D eigenvalue weighted by Crippen LogP contribution is 2.20. The fraction of sp³-hybridized carbons (Fsp3) is 0.136. The van der Waals surface area contributed by atoms with Crippen LogP contribution in [0.25, 0.3) is 0 Å². The highest BCUT2D eigenvalue weighted by atomic mass is 16.6. The van der Waals surface area contributed by atoms with E-state index in [9.17, 15) is 9.90 Å². The minimum absolute atomic E-state index is 0.161. The predicted molar refractivity (Wildman–Crippen MR) is 102 cm³/mol. The molecule has 0 bridgehead atoms. The molecule has 0 atom stereocenters. The third-order valence-corrected chi connectivity index (χ3v) is 4.05. The number of hydrogen-bond acceptors (Lipinski definition) is 3. The van der Waals surface area contributed by atoms with E-state index in [0.717, 1.165) is 11.1 Å². The summed E-state index contributed by atoms with van der Waals surface area (Å²) >= 11 is 0. The van der Waals surface area contributed by atoms with E-state index in [1.807, 2.05) is 60.7 Å². The van der Waals surface area contributed by atoms with Gasteiger partial charge < -0.3 is 9.84 Å². The Balaban J connectivity index is 1.71. The summed E-state index contributed by atoms with van der Waals surface area (Å²) < 4.78 is 5.49. The maximum atomic E-state index is 12.7. The lowest BCUT2D eigenvalue weighted by Crippen LogP contribution is -2.33. The lowest BCUT2D eigenvalue weighted by molar-refractivity contribution is 0.147. The maximum absolute atomic E-state index is 12.7. The number of nitrogens with zero attached hydrogens (tertiary/aromatic N) is 1. The monoisotopic (exact) mass is 347 g/mol. The van der Waals surface area contributed by atoms with E-state index in [2.05, 4.69) is 0 Å². The molecule has 4 heteroatoms. The summed E-state index contributed by atoms with van der Waals surface area (Å²) in [6.45, 7) is 0.710. The number of phenols is 1. The Kier molecular flexibility index (Phi) is 5.88. The van der Waals surface area contributed by atoms with Crippen molar-refractivity contribution in [3.63, 3.8) is 0 Å². The van der Waals surface area contributed by atoms with Gasteiger partial charge in [0, 0.05) is 12.2 Å². The molecule has 0 spiro atoms. The zero-order chi connectivity index (χ0) is 18.2. The van der Waals surface area contributed by atoms with Crippen molar-refractivity contribution in [3.8, 4) is 5.75 Å². The van der Waals surface area contributed by atoms with Crippen LogP contribution >= 0.6 is 0 Å². The first kappa shape index (κ1) is 17.5. The van der Waals surface area contributed by atoms with Gasteiger partial charge in [0.25, 0.3) is 0 Å². The van der Waals surface area contributed by atoms with Crippen molar-refractivity contribution in [1.82, 2.24) is 0 Å². The minimum Gasteiger partial charge on any atom is -0.508 e. The number of rotatable bonds is 6. The molecule has 0 fully saturated rings. The molecule has 1 N–H and O–H groups in total. The molecule has 0 unspecified atom stereocenters. The molecule has 26 heavy (non-hydrogen) atoms. The topological polar surface area (TPSA) is 49.8 Å². The lowest BCUT2D eigenvalue weighted by atomic mass is 10.1. The van der Waals surface area contributed by atoms with Crippen molar-refractivity contribution in [3.05, 3.63) is 96.1 Å². The fourth-order valence-electron chi connectivity index (χ4n) is 2.64. The van der Waals surface area contributed by atoms with Gasteiger partial charge in [-0.1, -0.05) is 60.7 Å². The molecule has 0 heterocycles. The number of benzene rings is 3. The van der Waals surface area contributed by atoms with Gasteiger partial charge in [-0.25, -0.2) is 4.79 Å². The number of anilines is 1. The summed E-state index contributed by atoms with van der Waals surface area (Å²) in [4.78, 5) is 14.3. The van der Waals surface area contributed by atoms with Crippen molar-refractivity contribution < 1.29 is 14.6 Å². The maximum Gasteiger partial charge on any atom is 0.414 e. The first-order chi connectivity index (χ1) is 12.7. The zero-order valence-electron chi connectivity index (χ0n) is 14.4. The second-order valence-corrected chi connectivity index (χ2v) is 5.94. The number of phenolic OH excluding ortho intramolecular Hbond substituents is 1. The van der Waals surface area contributed by atoms with Crippen LogP contribution in [0.5, 0.6) is 5.75 Å². The molecule has 0 aliphatic carbocycles. The molecular formula is C22H21NO3. The first-order valence-electron chi connectivity index (χ1n) is 8.53. The molecule has 0 saturated heterocycles. The Bertz CT molecular complexity index is 817. The Morgan fingerprint density at radius 2 is 1.38 bits per heavy atom. The van der Waals surface area contributed by atoms with Crippen molar-refractivity contribution in [2.24, 2.45) is 0 Å². The van der Waals surface area contributed by atoms with Gasteiger partial charge in [0.15, 0.2) is 0 Å². The van der Waals surface area contributed by atoms with Gasteiger partial charge in [-0.05, 0) is 41.8 Å². The van der Waals surface area contributed by atoms with Crippen LogP contribution in [0.3, 0.4) is 0 Å². The fourth-order valence-corrected chi connectivity index (χ4v) is 2.64. The number of amides is 1. The van der Waals surface area contributed by atoms with Gasteiger partial charge in [0.1, 0.15) is 12.4 Å². The van der Waals surface area contributed by atoms with E-state index in [-0.39, 0.29) is 12.4 Å². The summed E-state index contributed by atoms with van der Waals surface area (Å²) in [5.74, 6) is 0.161. The van der Waals surface area contributed by atoms with Crippen LogP contribution in [-0.4, -0.2) is 17.7 Å². The summed E-state index contributed by atoms with van der Waals surface area (Å²) in [6.07, 6.45) is 0.304. The Labute approximate surface area is 153 Å². The van der Waals surface area contributed by atoms with Crippen LogP contribution in [-0.2, 0) is 17.8 Å². The van der Waals surface area contributed by atoms with Crippen LogP contribution in [0, 0.1) is 0 Å². The van der Waals surface area contributed by atoms with Crippen molar-refractivity contribution >= 4 is 11.8 Å². The summed E-state index contributed by atoms with van der Waals surface area (Å²) in [7, 11) is 0. The third kappa shape index (κ3) is 4.86. The number of carbonyl (C=O) groups excluding carboxylic acids is 1. The summed E-state index contributed by atoms with van der Waals surface area (Å²) in [5, 5.41) is 9.50. The molecule has 1 amide bonds. The summed E-state index contributed by atoms with van der Waals surface area (Å²) in [6, 6.07) is 26.1. The number of hydrogen-bond donors (Lipinski definition) is 1. The molecule has 3 aromatic carbocycles. The van der Waals surface area contributed by atoms with Gasteiger partial charge in [-0.2, -0.15) is 0 Å². The van der Waals surface area contributed by atoms with Gasteiger partial charge >= 0.3 is 6.09 Å². The van der Waals surface area contributed by atoms with Crippen molar-refractivity contribution in [2.75, 3.05) is 11.4 Å². The molecular weight excluding hydrogens is 326 g/mol. The van der Waals surface area contributed by atoms with Gasteiger partial charge in [0.05, 0.1) is 0 Å². The highest BCUT2D eigenvalue weighted by molar-refractivity contribution is 5.87. The van der Waals surface area contributed by atoms with E-state index in [1.54, 1.807) is 29.2 Å². The zero-order valence-corrected chi connectivity index (χ0v) is 14.4. The first-order valence-corrected chi connectivity index (χ1v) is 8.53. The smallest absolute Gasteiger partial charge is 0.414 e. The number of carbonyl (C=O) groups is 1. The third-order valence-electron chi connectivity index (χ3n) is 4.05. The highest BCUT2D eigenvalue weighted by Gasteiger charge is 2.17. The SMILES string of the molecule is O=C(OCc1ccccc1)N(CCc1ccccc1)c1ccc(O)cc1. The average Bonchev–Trinajstić information content (AvgIpc) is 2.69. The predicted octanol–water partition coefficient (Wildman–Crippen LogP) is 4.78. The lowest BCUT2D eigenvalue weighted by Gasteiger charge is -2.22. The molecule has 0 aliphatic rings. The van der Waals surface area contributed by atoms with Gasteiger partial charge in [-0.3, -0.25) is 4.90 Å². The van der Waals surface area contributed by atoms with E-state index >= 15 is 0 Å². The normalized spacial score (nSPS) is 10.3. The van der Waals surface area contributed by atoms with E-state index in [4.69, 9.17) is 4.74 Å². The largest absolute Gasteiger partial charge is 0.508 e. The average molecular weight is 347 g/mol. The van der Waals surface area contributed by atoms with Crippen molar-refractivity contribution in [2.45, 2.75) is 13.0 Å². The van der Waals surface area contributed by atoms with Crippen LogP contribution in [0.4, 0.5) is 10.5 Å². The van der Waals surface area contributed by atoms with E-state index in [1.165, 1.54) is 0 Å². The van der Waals surface area contributed by atoms with Crippen molar-refractivity contribution in [1.29, 1.82) is 0 Å². The number of ether oxygens (including phenoxy) is 1. The van der Waals surface area contributed by atoms with Gasteiger partial charge in [0.2, 0.25) is 0 Å². The molecule has 3 rings (SSSR count). The number of aromatic hydroxyl groups is 1. The second-order valence-electron chi connectivity index (χ2n) is 5.94. The molecule has 3 aromatic rings. The molecule has 0 radical (unpaired) electrons. The van der Waals surface area contributed by atoms with Gasteiger partial charge in [-0.15, -0.1) is 0 Å². The molecule has 0 aliphatic heterocycles. The van der Waals surface area contributed by atoms with Crippen LogP contribution < -0.4 is 4.90 Å². The van der Waals surface area contributed by atoms with Crippen LogP contribution in [0.1, 0.15) is 11.1 Å². The van der Waals surface area contributed by atoms with E-state index in [0.29, 0.717) is 18.7 Å². The van der Waals surface area contributed by atoms with E-state index < -0.39 is 6.09 Å². The molecule has 132 valence electrons. The Morgan fingerprint density at radius 3 is 2.00 bits per heavy atom. The molecule has 0 saturated carbocycles. The molecule has 4 nitrogen and oxygen atoms in total. The van der Waals surface area contributed by atoms with Crippen LogP contribution in [0.2, 0.25) is 0 Å². The molecule has 0 aromatic heterocycles. The Morgan fingerprint density at radius 1 is 0.808 bits per heavy atom. The van der Waals surface area contributed by atoms with Crippen LogP contribution in [0.15, 0.2) is 84.9 Å². The quantitative estimate of drug-likeness (QED) is 0.698. The second kappa shape index (κ2) is 8.72. The Hall–Kier alpha value is -3.27.